The van der Waals surface area contributed by atoms with Gasteiger partial charge in [-0.2, -0.15) is 0 Å². The number of para-hydroxylation sites is 2. The van der Waals surface area contributed by atoms with E-state index in [0.717, 1.165) is 23.1 Å². The van der Waals surface area contributed by atoms with Gasteiger partial charge in [-0.3, -0.25) is 4.79 Å². The molecule has 0 radical (unpaired) electrons. The fourth-order valence-electron chi connectivity index (χ4n) is 3.31. The molecule has 0 saturated carbocycles. The summed E-state index contributed by atoms with van der Waals surface area (Å²) in [5.41, 5.74) is 2.94. The van der Waals surface area contributed by atoms with Gasteiger partial charge in [0.25, 0.3) is 5.91 Å². The topological polar surface area (TPSA) is 77.8 Å². The van der Waals surface area contributed by atoms with Crippen LogP contribution in [0.4, 0.5) is 5.69 Å². The Kier molecular flexibility index (Phi) is 6.90. The highest BCUT2D eigenvalue weighted by molar-refractivity contribution is 5.99. The zero-order valence-corrected chi connectivity index (χ0v) is 17.7. The molecule has 3 rings (SSSR count). The Morgan fingerprint density at radius 1 is 1.07 bits per heavy atom. The number of hydrogen-bond acceptors (Lipinski definition) is 5. The molecule has 2 aromatic carbocycles. The van der Waals surface area contributed by atoms with Crippen LogP contribution in [0.2, 0.25) is 0 Å². The summed E-state index contributed by atoms with van der Waals surface area (Å²) in [5, 5.41) is 3.66. The average molecular weight is 409 g/mol. The number of ether oxygens (including phenoxy) is 2. The van der Waals surface area contributed by atoms with Crippen LogP contribution in [0.3, 0.4) is 0 Å². The van der Waals surface area contributed by atoms with E-state index in [1.54, 1.807) is 13.2 Å². The Morgan fingerprint density at radius 3 is 2.50 bits per heavy atom. The zero-order chi connectivity index (χ0) is 21.7. The van der Waals surface area contributed by atoms with Gasteiger partial charge in [-0.25, -0.2) is 4.79 Å². The number of hydrogen-bond donors (Lipinski definition) is 1. The average Bonchev–Trinajstić information content (AvgIpc) is 3.12. The molecule has 1 amide bonds. The van der Waals surface area contributed by atoms with E-state index >= 15 is 0 Å². The van der Waals surface area contributed by atoms with Crippen LogP contribution in [0.15, 0.2) is 52.9 Å². The number of amides is 1. The number of nitrogens with one attached hydrogen (secondary N) is 1. The first-order chi connectivity index (χ1) is 14.5. The first-order valence-corrected chi connectivity index (χ1v) is 10.1. The minimum absolute atomic E-state index is 0.0534. The van der Waals surface area contributed by atoms with Gasteiger partial charge in [-0.05, 0) is 37.0 Å². The number of esters is 1. The molecule has 3 aromatic rings. The van der Waals surface area contributed by atoms with Crippen LogP contribution in [-0.4, -0.2) is 25.1 Å². The van der Waals surface area contributed by atoms with Gasteiger partial charge in [0.2, 0.25) is 5.76 Å². The molecule has 1 N–H and O–H groups in total. The van der Waals surface area contributed by atoms with Crippen molar-refractivity contribution in [2.45, 2.75) is 45.8 Å². The van der Waals surface area contributed by atoms with Crippen LogP contribution < -0.4 is 5.32 Å². The maximum atomic E-state index is 12.7. The van der Waals surface area contributed by atoms with Gasteiger partial charge in [0, 0.05) is 23.7 Å². The molecular weight excluding hydrogens is 382 g/mol. The normalized spacial score (nSPS) is 13.1. The second kappa shape index (κ2) is 9.59. The van der Waals surface area contributed by atoms with Gasteiger partial charge in [-0.15, -0.1) is 0 Å². The van der Waals surface area contributed by atoms with Gasteiger partial charge < -0.3 is 19.2 Å². The van der Waals surface area contributed by atoms with Crippen molar-refractivity contribution in [3.05, 3.63) is 65.4 Å². The molecule has 0 aliphatic heterocycles. The molecule has 6 nitrogen and oxygen atoms in total. The standard InChI is InChI=1S/C24H27NO5/c1-5-15(2)17-10-6-8-12-20(17)25-23(26)16(3)29-24(27)22-19(14-28-4)18-11-7-9-13-21(18)30-22/h6-13,15-16H,5,14H2,1-4H3,(H,25,26)/t15-,16-/m0/s1. The second-order valence-corrected chi connectivity index (χ2v) is 7.27. The van der Waals surface area contributed by atoms with Crippen LogP contribution in [0.1, 0.15) is 54.8 Å². The number of carbonyl (C=O) groups is 2. The molecule has 1 aromatic heterocycles. The molecular formula is C24H27NO5. The van der Waals surface area contributed by atoms with Crippen molar-refractivity contribution in [3.8, 4) is 0 Å². The van der Waals surface area contributed by atoms with Gasteiger partial charge in [-0.1, -0.05) is 50.2 Å². The fourth-order valence-corrected chi connectivity index (χ4v) is 3.31. The summed E-state index contributed by atoms with van der Waals surface area (Å²) in [6.07, 6.45) is -0.0442. The summed E-state index contributed by atoms with van der Waals surface area (Å²) >= 11 is 0. The molecule has 30 heavy (non-hydrogen) atoms. The summed E-state index contributed by atoms with van der Waals surface area (Å²) in [4.78, 5) is 25.4. The summed E-state index contributed by atoms with van der Waals surface area (Å²) in [7, 11) is 1.54. The highest BCUT2D eigenvalue weighted by Gasteiger charge is 2.26. The molecule has 0 saturated heterocycles. The third kappa shape index (κ3) is 4.54. The lowest BCUT2D eigenvalue weighted by Crippen LogP contribution is -2.30. The van der Waals surface area contributed by atoms with E-state index in [4.69, 9.17) is 13.9 Å². The molecule has 0 aliphatic carbocycles. The van der Waals surface area contributed by atoms with E-state index in [2.05, 4.69) is 19.2 Å². The predicted molar refractivity (Wildman–Crippen MR) is 116 cm³/mol. The van der Waals surface area contributed by atoms with E-state index in [1.807, 2.05) is 42.5 Å². The van der Waals surface area contributed by atoms with Gasteiger partial charge in [0.15, 0.2) is 6.10 Å². The number of benzene rings is 2. The van der Waals surface area contributed by atoms with Crippen molar-refractivity contribution in [3.63, 3.8) is 0 Å². The summed E-state index contributed by atoms with van der Waals surface area (Å²) < 4.78 is 16.3. The van der Waals surface area contributed by atoms with E-state index in [-0.39, 0.29) is 12.4 Å². The molecule has 6 heteroatoms. The minimum Gasteiger partial charge on any atom is -0.449 e. The highest BCUT2D eigenvalue weighted by atomic mass is 16.6. The molecule has 158 valence electrons. The van der Waals surface area contributed by atoms with Crippen LogP contribution in [0.5, 0.6) is 0 Å². The van der Waals surface area contributed by atoms with Crippen molar-refractivity contribution in [1.29, 1.82) is 0 Å². The number of anilines is 1. The number of fused-ring (bicyclic) bond motifs is 1. The van der Waals surface area contributed by atoms with E-state index in [9.17, 15) is 9.59 Å². The van der Waals surface area contributed by atoms with Gasteiger partial charge >= 0.3 is 5.97 Å². The Morgan fingerprint density at radius 2 is 1.77 bits per heavy atom. The van der Waals surface area contributed by atoms with Crippen molar-refractivity contribution < 1.29 is 23.5 Å². The first-order valence-electron chi connectivity index (χ1n) is 10.1. The molecule has 0 fully saturated rings. The zero-order valence-electron chi connectivity index (χ0n) is 17.7. The maximum absolute atomic E-state index is 12.7. The summed E-state index contributed by atoms with van der Waals surface area (Å²) in [5.74, 6) is -0.746. The second-order valence-electron chi connectivity index (χ2n) is 7.27. The Balaban J connectivity index is 1.76. The Labute approximate surface area is 176 Å². The van der Waals surface area contributed by atoms with E-state index in [0.29, 0.717) is 17.1 Å². The molecule has 1 heterocycles. The van der Waals surface area contributed by atoms with Gasteiger partial charge in [0.1, 0.15) is 5.58 Å². The highest BCUT2D eigenvalue weighted by Crippen LogP contribution is 2.28. The number of methoxy groups -OCH3 is 1. The monoisotopic (exact) mass is 409 g/mol. The lowest BCUT2D eigenvalue weighted by Gasteiger charge is -2.18. The fraction of sp³-hybridized carbons (Fsp3) is 0.333. The molecule has 0 bridgehead atoms. The maximum Gasteiger partial charge on any atom is 0.375 e. The largest absolute Gasteiger partial charge is 0.449 e. The molecule has 2 atom stereocenters. The molecule has 0 spiro atoms. The van der Waals surface area contributed by atoms with Crippen LogP contribution in [0, 0.1) is 0 Å². The van der Waals surface area contributed by atoms with Crippen LogP contribution >= 0.6 is 0 Å². The summed E-state index contributed by atoms with van der Waals surface area (Å²) in [6.45, 7) is 5.94. The lowest BCUT2D eigenvalue weighted by molar-refractivity contribution is -0.123. The number of carbonyl (C=O) groups excluding carboxylic acids is 2. The molecule has 0 aliphatic rings. The van der Waals surface area contributed by atoms with Crippen LogP contribution in [-0.2, 0) is 20.9 Å². The van der Waals surface area contributed by atoms with Gasteiger partial charge in [0.05, 0.1) is 6.61 Å². The first kappa shape index (κ1) is 21.6. The number of rotatable bonds is 8. The summed E-state index contributed by atoms with van der Waals surface area (Å²) in [6, 6.07) is 15.0. The molecule has 0 unspecified atom stereocenters. The smallest absolute Gasteiger partial charge is 0.375 e. The van der Waals surface area contributed by atoms with Crippen molar-refractivity contribution >= 4 is 28.5 Å². The van der Waals surface area contributed by atoms with Crippen LogP contribution in [0.25, 0.3) is 11.0 Å². The van der Waals surface area contributed by atoms with Crippen molar-refractivity contribution in [1.82, 2.24) is 0 Å². The Bertz CT molecular complexity index is 1040. The third-order valence-electron chi connectivity index (χ3n) is 5.19. The number of furan rings is 1. The lowest BCUT2D eigenvalue weighted by atomic mass is 9.97. The minimum atomic E-state index is -0.994. The van der Waals surface area contributed by atoms with Crippen molar-refractivity contribution in [2.24, 2.45) is 0 Å². The van der Waals surface area contributed by atoms with E-state index in [1.165, 1.54) is 6.92 Å². The van der Waals surface area contributed by atoms with E-state index < -0.39 is 18.0 Å². The van der Waals surface area contributed by atoms with Crippen molar-refractivity contribution in [2.75, 3.05) is 12.4 Å². The SMILES string of the molecule is CC[C@H](C)c1ccccc1NC(=O)[C@H](C)OC(=O)c1oc2ccccc2c1COC. The third-order valence-corrected chi connectivity index (χ3v) is 5.19. The predicted octanol–water partition coefficient (Wildman–Crippen LogP) is 5.28. The Hall–Kier alpha value is -3.12. The quantitative estimate of drug-likeness (QED) is 0.512.